The summed E-state index contributed by atoms with van der Waals surface area (Å²) >= 11 is 0. The Bertz CT molecular complexity index is 479. The monoisotopic (exact) mass is 264 g/mol. The van der Waals surface area contributed by atoms with E-state index in [0.29, 0.717) is 11.4 Å². The lowest BCUT2D eigenvalue weighted by Gasteiger charge is -2.12. The molecule has 1 aromatic heterocycles. The van der Waals surface area contributed by atoms with Gasteiger partial charge >= 0.3 is 0 Å². The Labute approximate surface area is 101 Å². The van der Waals surface area contributed by atoms with E-state index in [1.165, 1.54) is 0 Å². The molecule has 0 N–H and O–H groups in total. The number of hydrogen-bond donors (Lipinski definition) is 0. The molecule has 1 heterocycles. The van der Waals surface area contributed by atoms with Gasteiger partial charge in [-0.2, -0.15) is 5.10 Å². The van der Waals surface area contributed by atoms with Crippen molar-refractivity contribution in [2.45, 2.75) is 51.5 Å². The van der Waals surface area contributed by atoms with Crippen LogP contribution >= 0.6 is 10.7 Å². The predicted molar refractivity (Wildman–Crippen MR) is 64.4 cm³/mol. The average Bonchev–Trinajstić information content (AvgIpc) is 2.41. The highest BCUT2D eigenvalue weighted by atomic mass is 35.7. The Hall–Kier alpha value is -0.550. The molecule has 6 heteroatoms. The Kier molecular flexibility index (Phi) is 4.02. The standard InChI is InChI=1S/C10H17ClN2O2S/c1-5-6-7(2)13-9(4)10(8(3)12-13)16(11,14)15/h7H,5-6H2,1-4H3. The average molecular weight is 265 g/mol. The molecule has 0 aliphatic rings. The fourth-order valence-corrected chi connectivity index (χ4v) is 3.48. The number of nitrogens with zero attached hydrogens (tertiary/aromatic N) is 2. The summed E-state index contributed by atoms with van der Waals surface area (Å²) in [4.78, 5) is 0.150. The minimum Gasteiger partial charge on any atom is -0.265 e. The smallest absolute Gasteiger partial charge is 0.264 e. The van der Waals surface area contributed by atoms with Gasteiger partial charge in [-0.15, -0.1) is 0 Å². The first-order chi connectivity index (χ1) is 7.29. The predicted octanol–water partition coefficient (Wildman–Crippen LogP) is 2.79. The highest BCUT2D eigenvalue weighted by molar-refractivity contribution is 8.13. The van der Waals surface area contributed by atoms with E-state index in [-0.39, 0.29) is 10.9 Å². The fourth-order valence-electron chi connectivity index (χ4n) is 1.97. The van der Waals surface area contributed by atoms with Crippen molar-refractivity contribution >= 4 is 19.7 Å². The minimum absolute atomic E-state index is 0.150. The Balaban J connectivity index is 3.27. The summed E-state index contributed by atoms with van der Waals surface area (Å²) in [6, 6.07) is 0.191. The summed E-state index contributed by atoms with van der Waals surface area (Å²) in [5, 5.41) is 4.25. The fraction of sp³-hybridized carbons (Fsp3) is 0.700. The molecule has 0 aliphatic heterocycles. The third-order valence-electron chi connectivity index (χ3n) is 2.63. The van der Waals surface area contributed by atoms with Crippen molar-refractivity contribution < 1.29 is 8.42 Å². The van der Waals surface area contributed by atoms with Gasteiger partial charge in [-0.1, -0.05) is 13.3 Å². The number of aryl methyl sites for hydroxylation is 1. The molecule has 1 aromatic rings. The largest absolute Gasteiger partial charge is 0.265 e. The van der Waals surface area contributed by atoms with Crippen LogP contribution in [0.15, 0.2) is 4.90 Å². The Morgan fingerprint density at radius 1 is 1.44 bits per heavy atom. The maximum Gasteiger partial charge on any atom is 0.264 e. The molecule has 0 fully saturated rings. The minimum atomic E-state index is -3.70. The van der Waals surface area contributed by atoms with Crippen LogP contribution in [0.3, 0.4) is 0 Å². The molecule has 4 nitrogen and oxygen atoms in total. The molecule has 1 unspecified atom stereocenters. The lowest BCUT2D eigenvalue weighted by atomic mass is 10.2. The zero-order valence-electron chi connectivity index (χ0n) is 9.99. The van der Waals surface area contributed by atoms with Gasteiger partial charge < -0.3 is 0 Å². The van der Waals surface area contributed by atoms with E-state index in [0.717, 1.165) is 12.8 Å². The summed E-state index contributed by atoms with van der Waals surface area (Å²) < 4.78 is 24.5. The summed E-state index contributed by atoms with van der Waals surface area (Å²) in [6.07, 6.45) is 1.99. The van der Waals surface area contributed by atoms with Crippen LogP contribution in [-0.4, -0.2) is 18.2 Å². The van der Waals surface area contributed by atoms with Crippen molar-refractivity contribution in [2.24, 2.45) is 0 Å². The van der Waals surface area contributed by atoms with Crippen LogP contribution < -0.4 is 0 Å². The van der Waals surface area contributed by atoms with Gasteiger partial charge in [0.25, 0.3) is 9.05 Å². The molecule has 1 rings (SSSR count). The molecule has 0 saturated carbocycles. The molecular formula is C10H17ClN2O2S. The van der Waals surface area contributed by atoms with Crippen molar-refractivity contribution in [1.29, 1.82) is 0 Å². The zero-order chi connectivity index (χ0) is 12.5. The highest BCUT2D eigenvalue weighted by Gasteiger charge is 2.23. The van der Waals surface area contributed by atoms with E-state index in [9.17, 15) is 8.42 Å². The topological polar surface area (TPSA) is 52.0 Å². The second-order valence-corrected chi connectivity index (χ2v) is 6.52. The molecule has 92 valence electrons. The van der Waals surface area contributed by atoms with E-state index >= 15 is 0 Å². The van der Waals surface area contributed by atoms with Crippen molar-refractivity contribution in [3.8, 4) is 0 Å². The molecule has 0 aromatic carbocycles. The maximum absolute atomic E-state index is 11.4. The molecule has 0 radical (unpaired) electrons. The van der Waals surface area contributed by atoms with E-state index in [2.05, 4.69) is 12.0 Å². The number of halogens is 1. The molecule has 0 spiro atoms. The maximum atomic E-state index is 11.4. The number of hydrogen-bond acceptors (Lipinski definition) is 3. The first-order valence-corrected chi connectivity index (χ1v) is 7.60. The van der Waals surface area contributed by atoms with Gasteiger partial charge in [-0.05, 0) is 27.2 Å². The van der Waals surface area contributed by atoms with Gasteiger partial charge in [0, 0.05) is 16.7 Å². The van der Waals surface area contributed by atoms with Crippen LogP contribution in [-0.2, 0) is 9.05 Å². The lowest BCUT2D eigenvalue weighted by molar-refractivity contribution is 0.443. The lowest BCUT2D eigenvalue weighted by Crippen LogP contribution is -2.09. The van der Waals surface area contributed by atoms with Crippen LogP contribution in [0.5, 0.6) is 0 Å². The second kappa shape index (κ2) is 4.75. The molecule has 16 heavy (non-hydrogen) atoms. The first kappa shape index (κ1) is 13.5. The summed E-state index contributed by atoms with van der Waals surface area (Å²) in [7, 11) is 1.68. The third-order valence-corrected chi connectivity index (χ3v) is 4.17. The molecule has 0 aliphatic carbocycles. The van der Waals surface area contributed by atoms with E-state index < -0.39 is 9.05 Å². The van der Waals surface area contributed by atoms with Crippen molar-refractivity contribution in [2.75, 3.05) is 0 Å². The van der Waals surface area contributed by atoms with E-state index in [1.54, 1.807) is 18.5 Å². The zero-order valence-corrected chi connectivity index (χ0v) is 11.6. The van der Waals surface area contributed by atoms with Crippen molar-refractivity contribution in [3.05, 3.63) is 11.4 Å². The van der Waals surface area contributed by atoms with Gasteiger partial charge in [0.1, 0.15) is 4.90 Å². The van der Waals surface area contributed by atoms with Crippen LogP contribution in [0, 0.1) is 13.8 Å². The highest BCUT2D eigenvalue weighted by Crippen LogP contribution is 2.26. The summed E-state index contributed by atoms with van der Waals surface area (Å²) in [5.74, 6) is 0. The van der Waals surface area contributed by atoms with E-state index in [1.807, 2.05) is 6.92 Å². The summed E-state index contributed by atoms with van der Waals surface area (Å²) in [6.45, 7) is 7.51. The van der Waals surface area contributed by atoms with Gasteiger partial charge in [0.05, 0.1) is 11.4 Å². The van der Waals surface area contributed by atoms with Crippen LogP contribution in [0.1, 0.15) is 44.1 Å². The normalized spacial score (nSPS) is 14.1. The molecular weight excluding hydrogens is 248 g/mol. The van der Waals surface area contributed by atoms with Crippen molar-refractivity contribution in [1.82, 2.24) is 9.78 Å². The van der Waals surface area contributed by atoms with Gasteiger partial charge in [-0.25, -0.2) is 8.42 Å². The van der Waals surface area contributed by atoms with Crippen LogP contribution in [0.25, 0.3) is 0 Å². The Morgan fingerprint density at radius 3 is 2.38 bits per heavy atom. The van der Waals surface area contributed by atoms with Gasteiger partial charge in [0.2, 0.25) is 0 Å². The molecule has 0 amide bonds. The first-order valence-electron chi connectivity index (χ1n) is 5.29. The molecule has 0 saturated heterocycles. The third kappa shape index (κ3) is 2.58. The summed E-state index contributed by atoms with van der Waals surface area (Å²) in [5.41, 5.74) is 1.09. The molecule has 0 bridgehead atoms. The quantitative estimate of drug-likeness (QED) is 0.786. The number of rotatable bonds is 4. The number of aromatic nitrogens is 2. The van der Waals surface area contributed by atoms with E-state index in [4.69, 9.17) is 10.7 Å². The molecule has 1 atom stereocenters. The van der Waals surface area contributed by atoms with Gasteiger partial charge in [-0.3, -0.25) is 4.68 Å². The van der Waals surface area contributed by atoms with Gasteiger partial charge in [0.15, 0.2) is 0 Å². The second-order valence-electron chi connectivity index (χ2n) is 4.02. The Morgan fingerprint density at radius 2 is 2.00 bits per heavy atom. The van der Waals surface area contributed by atoms with Crippen LogP contribution in [0.4, 0.5) is 0 Å². The SMILES string of the molecule is CCCC(C)n1nc(C)c(S(=O)(=O)Cl)c1C. The van der Waals surface area contributed by atoms with Crippen molar-refractivity contribution in [3.63, 3.8) is 0 Å². The van der Waals surface area contributed by atoms with Crippen LogP contribution in [0.2, 0.25) is 0 Å².